The molecule has 2 aromatic rings. The predicted octanol–water partition coefficient (Wildman–Crippen LogP) is 3.95. The van der Waals surface area contributed by atoms with E-state index in [0.29, 0.717) is 29.4 Å². The van der Waals surface area contributed by atoms with Crippen LogP contribution in [-0.2, 0) is 11.2 Å². The van der Waals surface area contributed by atoms with Gasteiger partial charge in [-0.05, 0) is 30.2 Å². The van der Waals surface area contributed by atoms with Crippen molar-refractivity contribution in [1.82, 2.24) is 0 Å². The normalized spacial score (nSPS) is 10.3. The van der Waals surface area contributed by atoms with Crippen LogP contribution in [0.4, 0.5) is 5.69 Å². The van der Waals surface area contributed by atoms with Crippen LogP contribution in [0.2, 0.25) is 5.02 Å². The molecule has 2 rings (SSSR count). The Balaban J connectivity index is 2.06. The molecule has 0 N–H and O–H groups in total. The first-order chi connectivity index (χ1) is 11.1. The molecule has 0 bridgehead atoms. The zero-order chi connectivity index (χ0) is 16.8. The summed E-state index contributed by atoms with van der Waals surface area (Å²) in [6.45, 7) is 0. The smallest absolute Gasteiger partial charge is 0.227 e. The van der Waals surface area contributed by atoms with E-state index in [0.717, 1.165) is 11.3 Å². The molecule has 0 atom stereocenters. The Kier molecular flexibility index (Phi) is 5.88. The molecule has 4 nitrogen and oxygen atoms in total. The number of carbonyl (C=O) groups excluding carboxylic acids is 1. The number of methoxy groups -OCH3 is 2. The average molecular weight is 334 g/mol. The van der Waals surface area contributed by atoms with Crippen molar-refractivity contribution in [1.29, 1.82) is 0 Å². The number of ether oxygens (including phenoxy) is 2. The van der Waals surface area contributed by atoms with Crippen LogP contribution in [-0.4, -0.2) is 27.2 Å². The molecule has 23 heavy (non-hydrogen) atoms. The lowest BCUT2D eigenvalue weighted by molar-refractivity contribution is -0.118. The van der Waals surface area contributed by atoms with Crippen LogP contribution in [0, 0.1) is 0 Å². The van der Waals surface area contributed by atoms with Crippen LogP contribution in [0.15, 0.2) is 42.5 Å². The van der Waals surface area contributed by atoms with Crippen LogP contribution >= 0.6 is 11.6 Å². The van der Waals surface area contributed by atoms with Crippen molar-refractivity contribution in [3.05, 3.63) is 53.1 Å². The Morgan fingerprint density at radius 2 is 1.78 bits per heavy atom. The van der Waals surface area contributed by atoms with Gasteiger partial charge in [-0.15, -0.1) is 0 Å². The summed E-state index contributed by atoms with van der Waals surface area (Å²) in [5, 5.41) is 0.689. The third-order valence-corrected chi connectivity index (χ3v) is 4.06. The summed E-state index contributed by atoms with van der Waals surface area (Å²) in [6.07, 6.45) is 0.991. The lowest BCUT2D eigenvalue weighted by Crippen LogP contribution is -2.26. The second-order valence-corrected chi connectivity index (χ2v) is 5.49. The first kappa shape index (κ1) is 17.2. The first-order valence-electron chi connectivity index (χ1n) is 7.28. The van der Waals surface area contributed by atoms with Gasteiger partial charge in [-0.2, -0.15) is 0 Å². The zero-order valence-corrected chi connectivity index (χ0v) is 14.3. The summed E-state index contributed by atoms with van der Waals surface area (Å²) in [7, 11) is 4.90. The highest BCUT2D eigenvalue weighted by Crippen LogP contribution is 2.31. The van der Waals surface area contributed by atoms with E-state index < -0.39 is 0 Å². The number of halogens is 1. The molecule has 1 amide bonds. The number of amides is 1. The van der Waals surface area contributed by atoms with Gasteiger partial charge in [0.15, 0.2) is 11.5 Å². The van der Waals surface area contributed by atoms with Crippen LogP contribution in [0.3, 0.4) is 0 Å². The summed E-state index contributed by atoms with van der Waals surface area (Å²) < 4.78 is 10.5. The largest absolute Gasteiger partial charge is 0.493 e. The SMILES string of the molecule is COc1ccc(N(C)C(=O)CCc2ccccc2Cl)cc1OC. The standard InChI is InChI=1S/C18H20ClNO3/c1-20(14-9-10-16(22-2)17(12-14)23-3)18(21)11-8-13-6-4-5-7-15(13)19/h4-7,9-10,12H,8,11H2,1-3H3. The van der Waals surface area contributed by atoms with Crippen LogP contribution in [0.25, 0.3) is 0 Å². The average Bonchev–Trinajstić information content (AvgIpc) is 2.59. The maximum absolute atomic E-state index is 12.4. The minimum absolute atomic E-state index is 0.0112. The summed E-state index contributed by atoms with van der Waals surface area (Å²) in [6, 6.07) is 13.0. The lowest BCUT2D eigenvalue weighted by Gasteiger charge is -2.19. The molecule has 0 unspecified atom stereocenters. The van der Waals surface area contributed by atoms with Crippen LogP contribution < -0.4 is 14.4 Å². The van der Waals surface area contributed by atoms with E-state index in [1.54, 1.807) is 38.3 Å². The van der Waals surface area contributed by atoms with E-state index in [1.165, 1.54) is 0 Å². The van der Waals surface area contributed by atoms with Crippen molar-refractivity contribution < 1.29 is 14.3 Å². The summed E-state index contributed by atoms with van der Waals surface area (Å²) in [5.74, 6) is 1.24. The van der Waals surface area contributed by atoms with Crippen LogP contribution in [0.5, 0.6) is 11.5 Å². The molecule has 5 heteroatoms. The van der Waals surface area contributed by atoms with Gasteiger partial charge in [-0.25, -0.2) is 0 Å². The molecular formula is C18H20ClNO3. The van der Waals surface area contributed by atoms with Crippen molar-refractivity contribution in [2.24, 2.45) is 0 Å². The van der Waals surface area contributed by atoms with E-state index in [4.69, 9.17) is 21.1 Å². The Hall–Kier alpha value is -2.20. The molecule has 0 aliphatic rings. The third-order valence-electron chi connectivity index (χ3n) is 3.69. The minimum atomic E-state index is 0.0112. The second kappa shape index (κ2) is 7.88. The quantitative estimate of drug-likeness (QED) is 0.803. The molecule has 0 radical (unpaired) electrons. The molecule has 0 saturated heterocycles. The fourth-order valence-electron chi connectivity index (χ4n) is 2.29. The van der Waals surface area contributed by atoms with Crippen molar-refractivity contribution in [3.8, 4) is 11.5 Å². The molecule has 0 fully saturated rings. The first-order valence-corrected chi connectivity index (χ1v) is 7.66. The fourth-order valence-corrected chi connectivity index (χ4v) is 2.52. The van der Waals surface area contributed by atoms with Crippen molar-refractivity contribution in [2.75, 3.05) is 26.2 Å². The molecule has 0 aliphatic heterocycles. The highest BCUT2D eigenvalue weighted by atomic mass is 35.5. The Morgan fingerprint density at radius 1 is 1.09 bits per heavy atom. The minimum Gasteiger partial charge on any atom is -0.493 e. The second-order valence-electron chi connectivity index (χ2n) is 5.08. The predicted molar refractivity (Wildman–Crippen MR) is 92.7 cm³/mol. The molecule has 2 aromatic carbocycles. The molecule has 0 heterocycles. The molecule has 122 valence electrons. The maximum atomic E-state index is 12.4. The molecular weight excluding hydrogens is 314 g/mol. The summed E-state index contributed by atoms with van der Waals surface area (Å²) in [4.78, 5) is 14.0. The monoisotopic (exact) mass is 333 g/mol. The van der Waals surface area contributed by atoms with Gasteiger partial charge in [0.05, 0.1) is 14.2 Å². The van der Waals surface area contributed by atoms with E-state index >= 15 is 0 Å². The summed E-state index contributed by atoms with van der Waals surface area (Å²) in [5.41, 5.74) is 1.73. The molecule has 0 saturated carbocycles. The molecule has 0 aliphatic carbocycles. The number of hydrogen-bond acceptors (Lipinski definition) is 3. The number of aryl methyl sites for hydroxylation is 1. The van der Waals surface area contributed by atoms with Gasteiger partial charge in [0.25, 0.3) is 0 Å². The number of benzene rings is 2. The molecule has 0 spiro atoms. The number of anilines is 1. The summed E-state index contributed by atoms with van der Waals surface area (Å²) >= 11 is 6.12. The van der Waals surface area contributed by atoms with Gasteiger partial charge in [0.1, 0.15) is 0 Å². The number of rotatable bonds is 6. The van der Waals surface area contributed by atoms with Gasteiger partial charge in [-0.3, -0.25) is 4.79 Å². The zero-order valence-electron chi connectivity index (χ0n) is 13.5. The van der Waals surface area contributed by atoms with E-state index in [1.807, 2.05) is 30.3 Å². The van der Waals surface area contributed by atoms with Gasteiger partial charge >= 0.3 is 0 Å². The van der Waals surface area contributed by atoms with Gasteiger partial charge < -0.3 is 14.4 Å². The highest BCUT2D eigenvalue weighted by molar-refractivity contribution is 6.31. The topological polar surface area (TPSA) is 38.8 Å². The van der Waals surface area contributed by atoms with Crippen molar-refractivity contribution >= 4 is 23.2 Å². The Labute approximate surface area is 141 Å². The number of hydrogen-bond donors (Lipinski definition) is 0. The van der Waals surface area contributed by atoms with Gasteiger partial charge in [0.2, 0.25) is 5.91 Å². The third kappa shape index (κ3) is 4.17. The van der Waals surface area contributed by atoms with E-state index in [-0.39, 0.29) is 5.91 Å². The fraction of sp³-hybridized carbons (Fsp3) is 0.278. The number of nitrogens with zero attached hydrogens (tertiary/aromatic N) is 1. The lowest BCUT2D eigenvalue weighted by atomic mass is 10.1. The van der Waals surface area contributed by atoms with Gasteiger partial charge in [0, 0.05) is 30.2 Å². The Morgan fingerprint density at radius 3 is 2.43 bits per heavy atom. The maximum Gasteiger partial charge on any atom is 0.227 e. The van der Waals surface area contributed by atoms with Gasteiger partial charge in [-0.1, -0.05) is 29.8 Å². The van der Waals surface area contributed by atoms with E-state index in [9.17, 15) is 4.79 Å². The highest BCUT2D eigenvalue weighted by Gasteiger charge is 2.14. The molecule has 0 aromatic heterocycles. The van der Waals surface area contributed by atoms with Crippen LogP contribution in [0.1, 0.15) is 12.0 Å². The van der Waals surface area contributed by atoms with Crippen molar-refractivity contribution in [3.63, 3.8) is 0 Å². The number of carbonyl (C=O) groups is 1. The van der Waals surface area contributed by atoms with E-state index in [2.05, 4.69) is 0 Å². The Bertz CT molecular complexity index is 688. The van der Waals surface area contributed by atoms with Crippen molar-refractivity contribution in [2.45, 2.75) is 12.8 Å².